The highest BCUT2D eigenvalue weighted by molar-refractivity contribution is 5.93. The Labute approximate surface area is 244 Å². The Bertz CT molecular complexity index is 1310. The van der Waals surface area contributed by atoms with Gasteiger partial charge in [-0.15, -0.1) is 0 Å². The van der Waals surface area contributed by atoms with Gasteiger partial charge in [0.25, 0.3) is 0 Å². The molecule has 2 aliphatic carbocycles. The molecule has 1 fully saturated rings. The van der Waals surface area contributed by atoms with E-state index in [-0.39, 0.29) is 18.4 Å². The lowest BCUT2D eigenvalue weighted by atomic mass is 9.94. The topological polar surface area (TPSA) is 154 Å². The maximum atomic E-state index is 13.6. The number of alkyl carbamates (subject to hydrolysis) is 1. The van der Waals surface area contributed by atoms with Crippen molar-refractivity contribution in [1.29, 1.82) is 0 Å². The fourth-order valence-electron chi connectivity index (χ4n) is 6.20. The number of carboxylic acids is 2. The Kier molecular flexibility index (Phi) is 9.49. The number of nitrogens with one attached hydrogen (secondary N) is 1. The minimum atomic E-state index is -1.58. The number of amides is 3. The summed E-state index contributed by atoms with van der Waals surface area (Å²) >= 11 is 0. The fourth-order valence-corrected chi connectivity index (χ4v) is 6.20. The van der Waals surface area contributed by atoms with Gasteiger partial charge in [-0.3, -0.25) is 14.4 Å². The molecular weight excluding hydrogens is 542 g/mol. The largest absolute Gasteiger partial charge is 0.481 e. The van der Waals surface area contributed by atoms with Crippen molar-refractivity contribution in [2.45, 2.75) is 63.1 Å². The van der Waals surface area contributed by atoms with Crippen LogP contribution in [0.1, 0.15) is 56.1 Å². The van der Waals surface area contributed by atoms with Crippen molar-refractivity contribution in [3.05, 3.63) is 59.7 Å². The Morgan fingerprint density at radius 1 is 0.881 bits per heavy atom. The van der Waals surface area contributed by atoms with Crippen molar-refractivity contribution < 1.29 is 38.9 Å². The van der Waals surface area contributed by atoms with E-state index in [1.807, 2.05) is 48.5 Å². The Morgan fingerprint density at radius 3 is 1.95 bits per heavy atom. The molecule has 0 radical (unpaired) electrons. The molecule has 4 rings (SSSR count). The van der Waals surface area contributed by atoms with E-state index in [0.29, 0.717) is 12.8 Å². The third-order valence-corrected chi connectivity index (χ3v) is 8.38. The van der Waals surface area contributed by atoms with Crippen molar-refractivity contribution in [3.8, 4) is 11.1 Å². The average molecular weight is 580 g/mol. The Hall–Kier alpha value is -4.41. The van der Waals surface area contributed by atoms with Crippen LogP contribution in [0.3, 0.4) is 0 Å². The van der Waals surface area contributed by atoms with E-state index in [2.05, 4.69) is 5.32 Å². The number of fused-ring (bicyclic) bond motifs is 3. The number of hydrogen-bond acceptors (Lipinski definition) is 6. The second-order valence-electron chi connectivity index (χ2n) is 11.0. The molecule has 3 atom stereocenters. The normalized spacial score (nSPS) is 16.5. The lowest BCUT2D eigenvalue weighted by Crippen LogP contribution is -2.58. The standard InChI is InChI=1S/C31H37N3O8/c1-18(32-31(41)42-17-24-22-14-8-6-12-20(22)21-13-7-9-15-23(21)24)28(37)34(3)27(19-10-4-5-11-19)29(38)33(2)25(30(39)40)16-26(35)36/h6-9,12-15,18-19,24-25,27H,4-5,10-11,16-17H2,1-3H3,(H,32,41)(H,35,36)(H,39,40)/t18-,25-,27?/m0/s1. The minimum absolute atomic E-state index is 0.0742. The maximum absolute atomic E-state index is 13.6. The van der Waals surface area contributed by atoms with Crippen molar-refractivity contribution in [2.24, 2.45) is 5.92 Å². The van der Waals surface area contributed by atoms with Gasteiger partial charge in [-0.2, -0.15) is 0 Å². The van der Waals surface area contributed by atoms with E-state index in [9.17, 15) is 29.1 Å². The summed E-state index contributed by atoms with van der Waals surface area (Å²) in [4.78, 5) is 64.9. The first-order valence-electron chi connectivity index (χ1n) is 14.1. The summed E-state index contributed by atoms with van der Waals surface area (Å²) in [7, 11) is 2.68. The molecule has 0 aliphatic heterocycles. The van der Waals surface area contributed by atoms with Crippen LogP contribution in [0.2, 0.25) is 0 Å². The fraction of sp³-hybridized carbons (Fsp3) is 0.452. The number of hydrogen-bond donors (Lipinski definition) is 3. The molecule has 0 heterocycles. The smallest absolute Gasteiger partial charge is 0.407 e. The van der Waals surface area contributed by atoms with E-state index >= 15 is 0 Å². The van der Waals surface area contributed by atoms with Crippen LogP contribution >= 0.6 is 0 Å². The van der Waals surface area contributed by atoms with Crippen molar-refractivity contribution in [1.82, 2.24) is 15.1 Å². The van der Waals surface area contributed by atoms with Gasteiger partial charge in [-0.25, -0.2) is 9.59 Å². The third kappa shape index (κ3) is 6.40. The molecule has 11 nitrogen and oxygen atoms in total. The van der Waals surface area contributed by atoms with Crippen LogP contribution in [-0.2, 0) is 23.9 Å². The lowest BCUT2D eigenvalue weighted by Gasteiger charge is -2.37. The Morgan fingerprint density at radius 2 is 1.43 bits per heavy atom. The molecule has 2 aliphatic rings. The van der Waals surface area contributed by atoms with Crippen LogP contribution in [-0.4, -0.2) is 88.7 Å². The molecule has 42 heavy (non-hydrogen) atoms. The zero-order valence-electron chi connectivity index (χ0n) is 24.0. The third-order valence-electron chi connectivity index (χ3n) is 8.38. The van der Waals surface area contributed by atoms with Crippen LogP contribution in [0, 0.1) is 5.92 Å². The molecule has 0 aromatic heterocycles. The first-order valence-corrected chi connectivity index (χ1v) is 14.1. The molecule has 2 aromatic carbocycles. The number of carboxylic acid groups (broad SMARTS) is 2. The highest BCUT2D eigenvalue weighted by Crippen LogP contribution is 2.44. The van der Waals surface area contributed by atoms with Crippen LogP contribution in [0.4, 0.5) is 4.79 Å². The average Bonchev–Trinajstić information content (AvgIpc) is 3.60. The summed E-state index contributed by atoms with van der Waals surface area (Å²) in [6.45, 7) is 1.56. The van der Waals surface area contributed by atoms with Crippen molar-refractivity contribution in [2.75, 3.05) is 20.7 Å². The quantitative estimate of drug-likeness (QED) is 0.367. The summed E-state index contributed by atoms with van der Waals surface area (Å²) in [6, 6.07) is 12.2. The number of carbonyl (C=O) groups excluding carboxylic acids is 3. The molecule has 0 spiro atoms. The van der Waals surface area contributed by atoms with Crippen LogP contribution in [0.15, 0.2) is 48.5 Å². The van der Waals surface area contributed by atoms with Crippen molar-refractivity contribution >= 4 is 29.8 Å². The van der Waals surface area contributed by atoms with E-state index in [1.165, 1.54) is 25.9 Å². The molecule has 224 valence electrons. The highest BCUT2D eigenvalue weighted by atomic mass is 16.5. The number of benzene rings is 2. The number of ether oxygens (including phenoxy) is 1. The molecule has 0 bridgehead atoms. The molecule has 3 N–H and O–H groups in total. The predicted octanol–water partition coefficient (Wildman–Crippen LogP) is 3.32. The number of carbonyl (C=O) groups is 5. The second-order valence-corrected chi connectivity index (χ2v) is 11.0. The first kappa shape index (κ1) is 30.5. The SMILES string of the molecule is C[C@H](NC(=O)OCC1c2ccccc2-c2ccccc21)C(=O)N(C)C(C(=O)N(C)[C@@H](CC(=O)O)C(=O)O)C1CCCC1. The van der Waals surface area contributed by atoms with Crippen molar-refractivity contribution in [3.63, 3.8) is 0 Å². The molecule has 1 unspecified atom stereocenters. The molecular formula is C31H37N3O8. The molecule has 1 saturated carbocycles. The van der Waals surface area contributed by atoms with E-state index in [1.54, 1.807) is 0 Å². The van der Waals surface area contributed by atoms with Gasteiger partial charge in [0.15, 0.2) is 0 Å². The zero-order valence-corrected chi connectivity index (χ0v) is 24.0. The number of aliphatic carboxylic acids is 2. The summed E-state index contributed by atoms with van der Waals surface area (Å²) in [5.41, 5.74) is 4.29. The van der Waals surface area contributed by atoms with Gasteiger partial charge < -0.3 is 30.1 Å². The number of likely N-dealkylation sites (N-methyl/N-ethyl adjacent to an activating group) is 2. The van der Waals surface area contributed by atoms with Gasteiger partial charge >= 0.3 is 18.0 Å². The van der Waals surface area contributed by atoms with E-state index < -0.39 is 54.4 Å². The van der Waals surface area contributed by atoms with Gasteiger partial charge in [0.1, 0.15) is 24.7 Å². The first-order chi connectivity index (χ1) is 20.0. The monoisotopic (exact) mass is 579 g/mol. The van der Waals surface area contributed by atoms with Gasteiger partial charge in [-0.05, 0) is 47.9 Å². The minimum Gasteiger partial charge on any atom is -0.481 e. The van der Waals surface area contributed by atoms with Crippen LogP contribution < -0.4 is 5.32 Å². The van der Waals surface area contributed by atoms with Crippen LogP contribution in [0.25, 0.3) is 11.1 Å². The predicted molar refractivity (Wildman–Crippen MR) is 153 cm³/mol. The number of nitrogens with zero attached hydrogens (tertiary/aromatic N) is 2. The maximum Gasteiger partial charge on any atom is 0.407 e. The van der Waals surface area contributed by atoms with Gasteiger partial charge in [0, 0.05) is 20.0 Å². The molecule has 3 amide bonds. The van der Waals surface area contributed by atoms with Gasteiger partial charge in [0.05, 0.1) is 6.42 Å². The second kappa shape index (κ2) is 13.1. The van der Waals surface area contributed by atoms with E-state index in [0.717, 1.165) is 40.0 Å². The zero-order chi connectivity index (χ0) is 30.6. The summed E-state index contributed by atoms with van der Waals surface area (Å²) in [6.07, 6.45) is 1.47. The highest BCUT2D eigenvalue weighted by Gasteiger charge is 2.42. The molecule has 11 heteroatoms. The molecule has 0 saturated heterocycles. The summed E-state index contributed by atoms with van der Waals surface area (Å²) in [5.74, 6) is -4.38. The Balaban J connectivity index is 1.42. The molecule has 2 aromatic rings. The summed E-state index contributed by atoms with van der Waals surface area (Å²) in [5, 5.41) is 21.3. The summed E-state index contributed by atoms with van der Waals surface area (Å²) < 4.78 is 5.56. The van der Waals surface area contributed by atoms with E-state index in [4.69, 9.17) is 9.84 Å². The number of rotatable bonds is 11. The van der Waals surface area contributed by atoms with Gasteiger partial charge in [-0.1, -0.05) is 61.4 Å². The van der Waals surface area contributed by atoms with Gasteiger partial charge in [0.2, 0.25) is 11.8 Å². The van der Waals surface area contributed by atoms with Crippen LogP contribution in [0.5, 0.6) is 0 Å². The lowest BCUT2D eigenvalue weighted by molar-refractivity contribution is -0.157.